The summed E-state index contributed by atoms with van der Waals surface area (Å²) in [4.78, 5) is 12.7. The van der Waals surface area contributed by atoms with Crippen LogP contribution in [0.4, 0.5) is 0 Å². The number of allylic oxidation sites excluding steroid dienone is 3. The van der Waals surface area contributed by atoms with E-state index in [1.54, 1.807) is 19.2 Å². The summed E-state index contributed by atoms with van der Waals surface area (Å²) in [7, 11) is 1.56. The number of carbonyl (C=O) groups is 1. The third-order valence-corrected chi connectivity index (χ3v) is 5.64. The van der Waals surface area contributed by atoms with Gasteiger partial charge in [0.2, 0.25) is 5.88 Å². The van der Waals surface area contributed by atoms with E-state index in [9.17, 15) is 10.1 Å². The first-order chi connectivity index (χ1) is 15.0. The highest BCUT2D eigenvalue weighted by Crippen LogP contribution is 2.45. The predicted molar refractivity (Wildman–Crippen MR) is 115 cm³/mol. The van der Waals surface area contributed by atoms with Gasteiger partial charge in [-0.2, -0.15) is 5.26 Å². The van der Waals surface area contributed by atoms with Gasteiger partial charge in [-0.1, -0.05) is 35.9 Å². The summed E-state index contributed by atoms with van der Waals surface area (Å²) in [6, 6.07) is 15.7. The van der Waals surface area contributed by atoms with E-state index in [4.69, 9.17) is 19.9 Å². The molecule has 2 aromatic carbocycles. The number of ether oxygens (including phenoxy) is 3. The second-order valence-electron chi connectivity index (χ2n) is 7.72. The molecule has 2 aliphatic rings. The minimum atomic E-state index is -0.568. The maximum Gasteiger partial charge on any atom is 0.205 e. The molecule has 1 aliphatic carbocycles. The van der Waals surface area contributed by atoms with Crippen molar-refractivity contribution in [1.82, 2.24) is 0 Å². The van der Waals surface area contributed by atoms with Gasteiger partial charge in [0.25, 0.3) is 0 Å². The Morgan fingerprint density at radius 2 is 1.94 bits per heavy atom. The predicted octanol–water partition coefficient (Wildman–Crippen LogP) is 4.40. The molecule has 0 saturated carbocycles. The molecule has 0 saturated heterocycles. The first-order valence-electron chi connectivity index (χ1n) is 10.2. The van der Waals surface area contributed by atoms with Gasteiger partial charge in [0.1, 0.15) is 24.0 Å². The summed E-state index contributed by atoms with van der Waals surface area (Å²) in [6.45, 7) is 2.44. The van der Waals surface area contributed by atoms with Crippen LogP contribution in [0.3, 0.4) is 0 Å². The number of nitriles is 1. The number of Topliss-reactive ketones (excluding diaryl/α,β-unsaturated/α-hetero) is 1. The van der Waals surface area contributed by atoms with Gasteiger partial charge in [-0.05, 0) is 36.6 Å². The summed E-state index contributed by atoms with van der Waals surface area (Å²) in [5, 5.41) is 9.72. The Labute approximate surface area is 181 Å². The van der Waals surface area contributed by atoms with Gasteiger partial charge in [0, 0.05) is 18.4 Å². The molecule has 1 aliphatic heterocycles. The van der Waals surface area contributed by atoms with Crippen LogP contribution in [0.25, 0.3) is 0 Å². The Kier molecular flexibility index (Phi) is 5.68. The molecule has 0 bridgehead atoms. The zero-order valence-corrected chi connectivity index (χ0v) is 17.6. The van der Waals surface area contributed by atoms with Crippen LogP contribution in [-0.4, -0.2) is 12.9 Å². The Morgan fingerprint density at radius 1 is 1.16 bits per heavy atom. The number of methoxy groups -OCH3 is 1. The monoisotopic (exact) mass is 416 g/mol. The molecule has 1 heterocycles. The minimum Gasteiger partial charge on any atom is -0.493 e. The van der Waals surface area contributed by atoms with Crippen LogP contribution in [0, 0.1) is 18.3 Å². The second kappa shape index (κ2) is 8.57. The molecule has 6 heteroatoms. The maximum absolute atomic E-state index is 12.7. The van der Waals surface area contributed by atoms with Crippen molar-refractivity contribution in [2.75, 3.05) is 7.11 Å². The van der Waals surface area contributed by atoms with Gasteiger partial charge < -0.3 is 19.9 Å². The SMILES string of the molecule is COc1cc([C@@H]2C(C#N)=C(N)OC3=C2C(=O)CCC3)ccc1OCc1ccc(C)cc1. The van der Waals surface area contributed by atoms with E-state index in [0.717, 1.165) is 11.1 Å². The lowest BCUT2D eigenvalue weighted by molar-refractivity contribution is -0.116. The minimum absolute atomic E-state index is 0.00911. The molecule has 1 atom stereocenters. The van der Waals surface area contributed by atoms with Crippen LogP contribution in [0.2, 0.25) is 0 Å². The van der Waals surface area contributed by atoms with Gasteiger partial charge in [0.05, 0.1) is 13.0 Å². The molecular formula is C25H24N2O4. The smallest absolute Gasteiger partial charge is 0.205 e. The van der Waals surface area contributed by atoms with Crippen molar-refractivity contribution < 1.29 is 19.0 Å². The third kappa shape index (κ3) is 3.99. The molecule has 0 fully saturated rings. The van der Waals surface area contributed by atoms with E-state index in [1.165, 1.54) is 5.56 Å². The van der Waals surface area contributed by atoms with Crippen molar-refractivity contribution in [2.45, 2.75) is 38.7 Å². The fourth-order valence-corrected chi connectivity index (χ4v) is 4.02. The average molecular weight is 416 g/mol. The summed E-state index contributed by atoms with van der Waals surface area (Å²) >= 11 is 0. The molecular weight excluding hydrogens is 392 g/mol. The Morgan fingerprint density at radius 3 is 2.65 bits per heavy atom. The lowest BCUT2D eigenvalue weighted by atomic mass is 9.77. The van der Waals surface area contributed by atoms with E-state index >= 15 is 0 Å². The molecule has 31 heavy (non-hydrogen) atoms. The van der Waals surface area contributed by atoms with Crippen molar-refractivity contribution in [3.8, 4) is 17.6 Å². The van der Waals surface area contributed by atoms with E-state index in [1.807, 2.05) is 37.3 Å². The number of benzene rings is 2. The van der Waals surface area contributed by atoms with Crippen LogP contribution >= 0.6 is 0 Å². The number of nitrogens with two attached hydrogens (primary N) is 1. The zero-order valence-electron chi connectivity index (χ0n) is 17.6. The summed E-state index contributed by atoms with van der Waals surface area (Å²) in [5.41, 5.74) is 9.76. The lowest BCUT2D eigenvalue weighted by Gasteiger charge is -2.31. The molecule has 2 aromatic rings. The normalized spacial score (nSPS) is 18.2. The average Bonchev–Trinajstić information content (AvgIpc) is 2.78. The number of nitrogens with zero attached hydrogens (tertiary/aromatic N) is 1. The number of aryl methyl sites for hydroxylation is 1. The van der Waals surface area contributed by atoms with Crippen LogP contribution in [-0.2, 0) is 16.1 Å². The van der Waals surface area contributed by atoms with Crippen LogP contribution in [0.5, 0.6) is 11.5 Å². The number of rotatable bonds is 5. The Hall–Kier alpha value is -3.72. The first kappa shape index (κ1) is 20.5. The van der Waals surface area contributed by atoms with Crippen molar-refractivity contribution in [2.24, 2.45) is 5.73 Å². The van der Waals surface area contributed by atoms with Crippen molar-refractivity contribution in [3.63, 3.8) is 0 Å². The lowest BCUT2D eigenvalue weighted by Crippen LogP contribution is -2.27. The van der Waals surface area contributed by atoms with Gasteiger partial charge in [-0.3, -0.25) is 4.79 Å². The van der Waals surface area contributed by atoms with Gasteiger partial charge in [-0.15, -0.1) is 0 Å². The fourth-order valence-electron chi connectivity index (χ4n) is 4.02. The highest BCUT2D eigenvalue weighted by molar-refractivity contribution is 5.99. The van der Waals surface area contributed by atoms with Gasteiger partial charge >= 0.3 is 0 Å². The molecule has 0 aromatic heterocycles. The summed E-state index contributed by atoms with van der Waals surface area (Å²) in [5.74, 6) is 1.15. The topological polar surface area (TPSA) is 94.6 Å². The van der Waals surface area contributed by atoms with Crippen LogP contribution in [0.15, 0.2) is 65.3 Å². The summed E-state index contributed by atoms with van der Waals surface area (Å²) in [6.07, 6.45) is 1.78. The molecule has 0 radical (unpaired) electrons. The standard InChI is InChI=1S/C25H24N2O4/c1-15-6-8-16(9-7-15)14-30-20-11-10-17(12-22(20)29-2)23-18(13-26)25(27)31-21-5-3-4-19(28)24(21)23/h6-12,23H,3-5,14,27H2,1-2H3/t23-/m1/s1. The number of ketones is 1. The molecule has 6 nitrogen and oxygen atoms in total. The van der Waals surface area contributed by atoms with Crippen molar-refractivity contribution in [1.29, 1.82) is 5.26 Å². The molecule has 158 valence electrons. The fraction of sp³-hybridized carbons (Fsp3) is 0.280. The van der Waals surface area contributed by atoms with E-state index in [0.29, 0.717) is 48.7 Å². The zero-order chi connectivity index (χ0) is 22.0. The molecule has 0 unspecified atom stereocenters. The Bertz CT molecular complexity index is 1120. The highest BCUT2D eigenvalue weighted by atomic mass is 16.5. The van der Waals surface area contributed by atoms with Crippen LogP contribution in [0.1, 0.15) is 41.9 Å². The number of hydrogen-bond acceptors (Lipinski definition) is 6. The number of carbonyl (C=O) groups excluding carboxylic acids is 1. The van der Waals surface area contributed by atoms with Crippen LogP contribution < -0.4 is 15.2 Å². The third-order valence-electron chi connectivity index (χ3n) is 5.64. The maximum atomic E-state index is 12.7. The number of hydrogen-bond donors (Lipinski definition) is 1. The van der Waals surface area contributed by atoms with Gasteiger partial charge in [-0.25, -0.2) is 0 Å². The molecule has 0 spiro atoms. The quantitative estimate of drug-likeness (QED) is 0.776. The van der Waals surface area contributed by atoms with E-state index in [2.05, 4.69) is 6.07 Å². The Balaban J connectivity index is 1.67. The van der Waals surface area contributed by atoms with E-state index < -0.39 is 5.92 Å². The second-order valence-corrected chi connectivity index (χ2v) is 7.72. The molecule has 4 rings (SSSR count). The van der Waals surface area contributed by atoms with Gasteiger partial charge in [0.15, 0.2) is 17.3 Å². The molecule has 0 amide bonds. The van der Waals surface area contributed by atoms with Crippen molar-refractivity contribution >= 4 is 5.78 Å². The van der Waals surface area contributed by atoms with E-state index in [-0.39, 0.29) is 17.2 Å². The highest BCUT2D eigenvalue weighted by Gasteiger charge is 2.38. The summed E-state index contributed by atoms with van der Waals surface area (Å²) < 4.78 is 17.2. The largest absolute Gasteiger partial charge is 0.493 e. The molecule has 2 N–H and O–H groups in total. The van der Waals surface area contributed by atoms with Crippen molar-refractivity contribution in [3.05, 3.63) is 81.9 Å². The first-order valence-corrected chi connectivity index (χ1v) is 10.2.